The Morgan fingerprint density at radius 1 is 0.457 bits per heavy atom. The second kappa shape index (κ2) is 35.2. The predicted molar refractivity (Wildman–Crippen MR) is 196 cm³/mol. The fraction of sp³-hybridized carbons (Fsp3) is 0.951. The van der Waals surface area contributed by atoms with E-state index in [0.717, 1.165) is 37.5 Å². The van der Waals surface area contributed by atoms with Gasteiger partial charge in [-0.1, -0.05) is 195 Å². The molecule has 0 rings (SSSR count). The summed E-state index contributed by atoms with van der Waals surface area (Å²) in [5.41, 5.74) is 0. The van der Waals surface area contributed by atoms with Gasteiger partial charge in [0.05, 0.1) is 0 Å². The first-order valence-electron chi connectivity index (χ1n) is 20.3. The molecule has 0 bridgehead atoms. The normalized spacial score (nSPS) is 12.8. The number of hydrogen-bond acceptors (Lipinski definition) is 5. The molecule has 0 radical (unpaired) electrons. The zero-order chi connectivity index (χ0) is 33.9. The number of ether oxygens (including phenoxy) is 2. The molecule has 0 aliphatic carbocycles. The van der Waals surface area contributed by atoms with Crippen molar-refractivity contribution in [1.82, 2.24) is 0 Å². The zero-order valence-corrected chi connectivity index (χ0v) is 31.4. The maximum atomic E-state index is 12.0. The summed E-state index contributed by atoms with van der Waals surface area (Å²) < 4.78 is 10.3. The summed E-state index contributed by atoms with van der Waals surface area (Å²) in [6.45, 7) is 9.05. The SMILES string of the molecule is CCC(C)CCCCCCCCCCCCC(=O)OC[C@@H](O)COC(=O)CCCCCCCCCCCCCCCCCC(C)C. The van der Waals surface area contributed by atoms with Gasteiger partial charge in [0, 0.05) is 12.8 Å². The van der Waals surface area contributed by atoms with Gasteiger partial charge in [-0.05, 0) is 24.7 Å². The van der Waals surface area contributed by atoms with Crippen LogP contribution in [0, 0.1) is 11.8 Å². The Morgan fingerprint density at radius 3 is 1.04 bits per heavy atom. The van der Waals surface area contributed by atoms with E-state index in [1.807, 2.05) is 0 Å². The molecular formula is C41H80O5. The van der Waals surface area contributed by atoms with Crippen LogP contribution in [0.3, 0.4) is 0 Å². The predicted octanol–water partition coefficient (Wildman–Crippen LogP) is 12.4. The smallest absolute Gasteiger partial charge is 0.305 e. The molecule has 0 aliphatic heterocycles. The summed E-state index contributed by atoms with van der Waals surface area (Å²) in [4.78, 5) is 23.9. The van der Waals surface area contributed by atoms with E-state index in [-0.39, 0.29) is 25.2 Å². The maximum absolute atomic E-state index is 12.0. The average Bonchev–Trinajstić information content (AvgIpc) is 3.04. The molecule has 0 saturated heterocycles. The number of unbranched alkanes of at least 4 members (excludes halogenated alkanes) is 23. The van der Waals surface area contributed by atoms with E-state index in [4.69, 9.17) is 9.47 Å². The van der Waals surface area contributed by atoms with Gasteiger partial charge in [0.25, 0.3) is 0 Å². The molecule has 0 aromatic rings. The fourth-order valence-corrected chi connectivity index (χ4v) is 6.07. The number of hydrogen-bond donors (Lipinski definition) is 1. The summed E-state index contributed by atoms with van der Waals surface area (Å²) in [6.07, 6.45) is 35.8. The molecule has 274 valence electrons. The van der Waals surface area contributed by atoms with Gasteiger partial charge in [0.15, 0.2) is 0 Å². The van der Waals surface area contributed by atoms with Gasteiger partial charge >= 0.3 is 11.9 Å². The van der Waals surface area contributed by atoms with Crippen molar-refractivity contribution >= 4 is 11.9 Å². The van der Waals surface area contributed by atoms with E-state index in [2.05, 4.69) is 27.7 Å². The molecule has 0 aromatic carbocycles. The maximum Gasteiger partial charge on any atom is 0.305 e. The lowest BCUT2D eigenvalue weighted by Gasteiger charge is -2.12. The van der Waals surface area contributed by atoms with Crippen molar-refractivity contribution in [3.63, 3.8) is 0 Å². The van der Waals surface area contributed by atoms with Crippen molar-refractivity contribution in [2.75, 3.05) is 13.2 Å². The molecule has 0 saturated carbocycles. The molecule has 1 unspecified atom stereocenters. The van der Waals surface area contributed by atoms with E-state index >= 15 is 0 Å². The van der Waals surface area contributed by atoms with Crippen LogP contribution >= 0.6 is 0 Å². The van der Waals surface area contributed by atoms with Crippen LogP contribution in [0.4, 0.5) is 0 Å². The lowest BCUT2D eigenvalue weighted by Crippen LogP contribution is -2.25. The Balaban J connectivity index is 3.38. The molecule has 5 nitrogen and oxygen atoms in total. The van der Waals surface area contributed by atoms with Gasteiger partial charge in [0.2, 0.25) is 0 Å². The Morgan fingerprint density at radius 2 is 0.739 bits per heavy atom. The van der Waals surface area contributed by atoms with Crippen molar-refractivity contribution in [3.8, 4) is 0 Å². The van der Waals surface area contributed by atoms with Crippen LogP contribution in [0.1, 0.15) is 220 Å². The molecule has 1 N–H and O–H groups in total. The lowest BCUT2D eigenvalue weighted by molar-refractivity contribution is -0.152. The summed E-state index contributed by atoms with van der Waals surface area (Å²) >= 11 is 0. The van der Waals surface area contributed by atoms with Gasteiger partial charge in [-0.3, -0.25) is 9.59 Å². The number of carbonyl (C=O) groups excluding carboxylic acids is 2. The van der Waals surface area contributed by atoms with Crippen LogP contribution in [0.15, 0.2) is 0 Å². The monoisotopic (exact) mass is 653 g/mol. The molecule has 2 atom stereocenters. The summed E-state index contributed by atoms with van der Waals surface area (Å²) in [6, 6.07) is 0. The fourth-order valence-electron chi connectivity index (χ4n) is 6.07. The first-order valence-corrected chi connectivity index (χ1v) is 20.3. The quantitative estimate of drug-likeness (QED) is 0.0538. The van der Waals surface area contributed by atoms with Gasteiger partial charge < -0.3 is 14.6 Å². The molecule has 0 amide bonds. The number of aliphatic hydroxyl groups is 1. The van der Waals surface area contributed by atoms with E-state index < -0.39 is 6.10 Å². The largest absolute Gasteiger partial charge is 0.463 e. The van der Waals surface area contributed by atoms with Gasteiger partial charge in [-0.25, -0.2) is 0 Å². The van der Waals surface area contributed by atoms with Crippen molar-refractivity contribution in [1.29, 1.82) is 0 Å². The minimum Gasteiger partial charge on any atom is -0.463 e. The highest BCUT2D eigenvalue weighted by molar-refractivity contribution is 5.69. The highest BCUT2D eigenvalue weighted by Gasteiger charge is 2.12. The number of esters is 2. The van der Waals surface area contributed by atoms with E-state index in [1.54, 1.807) is 0 Å². The molecule has 0 aromatic heterocycles. The first-order chi connectivity index (χ1) is 22.3. The third kappa shape index (κ3) is 35.7. The lowest BCUT2D eigenvalue weighted by atomic mass is 9.99. The minimum absolute atomic E-state index is 0.109. The van der Waals surface area contributed by atoms with Crippen molar-refractivity contribution < 1.29 is 24.2 Å². The standard InChI is InChI=1S/C41H80O5/c1-5-38(4)32-28-24-20-16-13-14-18-22-26-30-34-41(44)46-36-39(42)35-45-40(43)33-29-25-21-17-12-10-8-6-7-9-11-15-19-23-27-31-37(2)3/h37-39,42H,5-36H2,1-4H3/t38?,39-/m0/s1. The molecule has 0 aliphatic rings. The van der Waals surface area contributed by atoms with Gasteiger partial charge in [-0.15, -0.1) is 0 Å². The molecular weight excluding hydrogens is 572 g/mol. The molecule has 0 spiro atoms. The molecule has 5 heteroatoms. The first kappa shape index (κ1) is 44.9. The summed E-state index contributed by atoms with van der Waals surface area (Å²) in [5, 5.41) is 10.0. The van der Waals surface area contributed by atoms with Crippen LogP contribution in [-0.2, 0) is 19.1 Å². The second-order valence-electron chi connectivity index (χ2n) is 14.8. The van der Waals surface area contributed by atoms with Crippen LogP contribution < -0.4 is 0 Å². The Bertz CT molecular complexity index is 649. The van der Waals surface area contributed by atoms with E-state index in [9.17, 15) is 14.7 Å². The molecule has 0 fully saturated rings. The van der Waals surface area contributed by atoms with Crippen molar-refractivity contribution in [3.05, 3.63) is 0 Å². The third-order valence-corrected chi connectivity index (χ3v) is 9.56. The molecule has 46 heavy (non-hydrogen) atoms. The Kier molecular flexibility index (Phi) is 34.4. The molecule has 0 heterocycles. The second-order valence-corrected chi connectivity index (χ2v) is 14.8. The number of rotatable bonds is 36. The van der Waals surface area contributed by atoms with Crippen LogP contribution in [0.2, 0.25) is 0 Å². The third-order valence-electron chi connectivity index (χ3n) is 9.56. The van der Waals surface area contributed by atoms with Gasteiger partial charge in [0.1, 0.15) is 19.3 Å². The van der Waals surface area contributed by atoms with E-state index in [0.29, 0.717) is 12.8 Å². The summed E-state index contributed by atoms with van der Waals surface area (Å²) in [7, 11) is 0. The minimum atomic E-state index is -0.956. The Labute approximate surface area is 287 Å². The summed E-state index contributed by atoms with van der Waals surface area (Å²) in [5.74, 6) is 1.18. The number of aliphatic hydroxyl groups excluding tert-OH is 1. The van der Waals surface area contributed by atoms with Crippen LogP contribution in [0.5, 0.6) is 0 Å². The highest BCUT2D eigenvalue weighted by Crippen LogP contribution is 2.17. The van der Waals surface area contributed by atoms with Crippen LogP contribution in [-0.4, -0.2) is 36.4 Å². The number of carbonyl (C=O) groups is 2. The van der Waals surface area contributed by atoms with Crippen molar-refractivity contribution in [2.24, 2.45) is 11.8 Å². The zero-order valence-electron chi connectivity index (χ0n) is 31.4. The van der Waals surface area contributed by atoms with Gasteiger partial charge in [-0.2, -0.15) is 0 Å². The van der Waals surface area contributed by atoms with Crippen molar-refractivity contribution in [2.45, 2.75) is 226 Å². The van der Waals surface area contributed by atoms with E-state index in [1.165, 1.54) is 154 Å². The van der Waals surface area contributed by atoms with Crippen LogP contribution in [0.25, 0.3) is 0 Å². The average molecular weight is 653 g/mol. The topological polar surface area (TPSA) is 72.8 Å². The Hall–Kier alpha value is -1.10. The highest BCUT2D eigenvalue weighted by atomic mass is 16.6.